The lowest BCUT2D eigenvalue weighted by Crippen LogP contribution is -2.12. The van der Waals surface area contributed by atoms with Crippen molar-refractivity contribution in [2.75, 3.05) is 5.32 Å². The molecule has 0 spiro atoms. The van der Waals surface area contributed by atoms with Crippen molar-refractivity contribution in [3.63, 3.8) is 0 Å². The lowest BCUT2D eigenvalue weighted by molar-refractivity contribution is -0.137. The minimum Gasteiger partial charge on any atom is -0.476 e. The normalized spacial score (nSPS) is 11.6. The predicted octanol–water partition coefficient (Wildman–Crippen LogP) is 2.01. The van der Waals surface area contributed by atoms with Gasteiger partial charge in [0.25, 0.3) is 0 Å². The summed E-state index contributed by atoms with van der Waals surface area (Å²) in [5, 5.41) is 11.2. The summed E-state index contributed by atoms with van der Waals surface area (Å²) in [6.07, 6.45) is -3.56. The predicted molar refractivity (Wildman–Crippen MR) is 61.5 cm³/mol. The number of aromatic carboxylic acids is 1. The zero-order valence-electron chi connectivity index (χ0n) is 10.0. The number of nitrogens with zero attached hydrogens (tertiary/aromatic N) is 2. The maximum absolute atomic E-state index is 12.6. The molecular weight excluding hydrogens is 279 g/mol. The summed E-state index contributed by atoms with van der Waals surface area (Å²) in [6.45, 7) is 1.15. The van der Waals surface area contributed by atoms with E-state index in [0.29, 0.717) is 6.07 Å². The van der Waals surface area contributed by atoms with Crippen LogP contribution in [-0.2, 0) is 11.0 Å². The van der Waals surface area contributed by atoms with E-state index in [9.17, 15) is 22.8 Å². The molecule has 0 saturated carbocycles. The molecule has 0 radical (unpaired) electrons. The number of rotatable bonds is 2. The van der Waals surface area contributed by atoms with Crippen LogP contribution >= 0.6 is 0 Å². The molecule has 9 heteroatoms. The second kappa shape index (κ2) is 4.51. The Morgan fingerprint density at radius 3 is 2.55 bits per heavy atom. The van der Waals surface area contributed by atoms with Gasteiger partial charge in [0.1, 0.15) is 5.65 Å². The largest absolute Gasteiger partial charge is 0.476 e. The van der Waals surface area contributed by atoms with E-state index in [1.165, 1.54) is 0 Å². The van der Waals surface area contributed by atoms with Crippen LogP contribution in [0.4, 0.5) is 19.0 Å². The standard InChI is InChI=1S/C11H8F3N3O3/c1-5(18)15-9-8(10(19)20)16-7-4-6(11(12,13)14)2-3-17(7)9/h2-4H,1H3,(H,15,18)(H,19,20). The molecule has 2 N–H and O–H groups in total. The van der Waals surface area contributed by atoms with E-state index in [0.717, 1.165) is 23.6 Å². The minimum atomic E-state index is -4.56. The fraction of sp³-hybridized carbons (Fsp3) is 0.182. The first-order valence-corrected chi connectivity index (χ1v) is 5.30. The number of carboxylic acids is 1. The monoisotopic (exact) mass is 287 g/mol. The zero-order chi connectivity index (χ0) is 15.1. The Hall–Kier alpha value is -2.58. The number of anilines is 1. The average Bonchev–Trinajstić information content (AvgIpc) is 2.65. The number of hydrogen-bond acceptors (Lipinski definition) is 3. The molecule has 2 rings (SSSR count). The van der Waals surface area contributed by atoms with Crippen LogP contribution in [0.25, 0.3) is 5.65 Å². The number of halogens is 3. The van der Waals surface area contributed by atoms with Gasteiger partial charge in [-0.05, 0) is 12.1 Å². The molecular formula is C11H8F3N3O3. The molecule has 2 aromatic heterocycles. The van der Waals surface area contributed by atoms with Gasteiger partial charge in [0.05, 0.1) is 5.56 Å². The van der Waals surface area contributed by atoms with E-state index >= 15 is 0 Å². The highest BCUT2D eigenvalue weighted by atomic mass is 19.4. The molecule has 0 aliphatic heterocycles. The number of pyridine rings is 1. The van der Waals surface area contributed by atoms with Gasteiger partial charge in [-0.15, -0.1) is 0 Å². The molecule has 6 nitrogen and oxygen atoms in total. The smallest absolute Gasteiger partial charge is 0.416 e. The van der Waals surface area contributed by atoms with E-state index in [4.69, 9.17) is 5.11 Å². The summed E-state index contributed by atoms with van der Waals surface area (Å²) < 4.78 is 38.8. The van der Waals surface area contributed by atoms with Crippen LogP contribution in [-0.4, -0.2) is 26.4 Å². The molecule has 2 aromatic rings. The Morgan fingerprint density at radius 1 is 1.40 bits per heavy atom. The van der Waals surface area contributed by atoms with Crippen molar-refractivity contribution in [2.24, 2.45) is 0 Å². The Kier molecular flexibility index (Phi) is 3.12. The highest BCUT2D eigenvalue weighted by Gasteiger charge is 2.31. The van der Waals surface area contributed by atoms with E-state index in [2.05, 4.69) is 10.3 Å². The van der Waals surface area contributed by atoms with Gasteiger partial charge >= 0.3 is 12.1 Å². The minimum absolute atomic E-state index is 0.186. The molecule has 2 heterocycles. The highest BCUT2D eigenvalue weighted by molar-refractivity contribution is 5.98. The second-order valence-electron chi connectivity index (χ2n) is 3.94. The highest BCUT2D eigenvalue weighted by Crippen LogP contribution is 2.30. The molecule has 20 heavy (non-hydrogen) atoms. The topological polar surface area (TPSA) is 83.7 Å². The van der Waals surface area contributed by atoms with Crippen molar-refractivity contribution in [1.29, 1.82) is 0 Å². The van der Waals surface area contributed by atoms with Gasteiger partial charge in [-0.25, -0.2) is 9.78 Å². The van der Waals surface area contributed by atoms with E-state index < -0.39 is 29.3 Å². The first kappa shape index (κ1) is 13.8. The van der Waals surface area contributed by atoms with Crippen molar-refractivity contribution in [3.05, 3.63) is 29.6 Å². The molecule has 0 fully saturated rings. The third-order valence-corrected chi connectivity index (χ3v) is 2.45. The maximum atomic E-state index is 12.6. The quantitative estimate of drug-likeness (QED) is 0.885. The lowest BCUT2D eigenvalue weighted by atomic mass is 10.2. The molecule has 0 aliphatic carbocycles. The molecule has 0 unspecified atom stereocenters. The van der Waals surface area contributed by atoms with Crippen molar-refractivity contribution in [2.45, 2.75) is 13.1 Å². The summed E-state index contributed by atoms with van der Waals surface area (Å²) in [6, 6.07) is 1.48. The number of amides is 1. The number of nitrogens with one attached hydrogen (secondary N) is 1. The third-order valence-electron chi connectivity index (χ3n) is 2.45. The Bertz CT molecular complexity index is 706. The van der Waals surface area contributed by atoms with Gasteiger partial charge < -0.3 is 10.4 Å². The fourth-order valence-electron chi connectivity index (χ4n) is 1.66. The number of imidazole rings is 1. The number of carboxylic acid groups (broad SMARTS) is 1. The van der Waals surface area contributed by atoms with Crippen molar-refractivity contribution < 1.29 is 27.9 Å². The Balaban J connectivity index is 2.68. The fourth-order valence-corrected chi connectivity index (χ4v) is 1.66. The van der Waals surface area contributed by atoms with Crippen molar-refractivity contribution in [3.8, 4) is 0 Å². The van der Waals surface area contributed by atoms with E-state index in [-0.39, 0.29) is 11.5 Å². The Morgan fingerprint density at radius 2 is 2.05 bits per heavy atom. The SMILES string of the molecule is CC(=O)Nc1c(C(=O)O)nc2cc(C(F)(F)F)ccn12. The number of carbonyl (C=O) groups excluding carboxylic acids is 1. The number of aromatic nitrogens is 2. The summed E-state index contributed by atoms with van der Waals surface area (Å²) >= 11 is 0. The van der Waals surface area contributed by atoms with Crippen molar-refractivity contribution >= 4 is 23.3 Å². The van der Waals surface area contributed by atoms with Gasteiger partial charge in [0, 0.05) is 13.1 Å². The zero-order valence-corrected chi connectivity index (χ0v) is 10.0. The van der Waals surface area contributed by atoms with E-state index in [1.807, 2.05) is 0 Å². The van der Waals surface area contributed by atoms with Crippen LogP contribution in [0.1, 0.15) is 23.0 Å². The van der Waals surface area contributed by atoms with Crippen LogP contribution in [0, 0.1) is 0 Å². The average molecular weight is 287 g/mol. The number of alkyl halides is 3. The van der Waals surface area contributed by atoms with Gasteiger partial charge in [-0.3, -0.25) is 9.20 Å². The van der Waals surface area contributed by atoms with Gasteiger partial charge in [-0.2, -0.15) is 13.2 Å². The van der Waals surface area contributed by atoms with Gasteiger partial charge in [0.15, 0.2) is 11.5 Å². The molecule has 1 amide bonds. The number of carbonyl (C=O) groups is 2. The molecule has 106 valence electrons. The summed E-state index contributed by atoms with van der Waals surface area (Å²) in [5.41, 5.74) is -1.71. The first-order valence-electron chi connectivity index (χ1n) is 5.30. The lowest BCUT2D eigenvalue weighted by Gasteiger charge is -2.07. The molecule has 0 aliphatic rings. The summed E-state index contributed by atoms with van der Waals surface area (Å²) in [7, 11) is 0. The number of fused-ring (bicyclic) bond motifs is 1. The van der Waals surface area contributed by atoms with Crippen LogP contribution in [0.2, 0.25) is 0 Å². The molecule has 0 saturated heterocycles. The third kappa shape index (κ3) is 2.42. The molecule has 0 atom stereocenters. The second-order valence-corrected chi connectivity index (χ2v) is 3.94. The summed E-state index contributed by atoms with van der Waals surface area (Å²) in [5.74, 6) is -2.20. The number of hydrogen-bond donors (Lipinski definition) is 2. The van der Waals surface area contributed by atoms with Gasteiger partial charge in [-0.1, -0.05) is 0 Å². The van der Waals surface area contributed by atoms with Crippen molar-refractivity contribution in [1.82, 2.24) is 9.38 Å². The van der Waals surface area contributed by atoms with Gasteiger partial charge in [0.2, 0.25) is 5.91 Å². The van der Waals surface area contributed by atoms with Crippen LogP contribution in [0.15, 0.2) is 18.3 Å². The molecule has 0 bridgehead atoms. The Labute approximate surface area is 109 Å². The van der Waals surface area contributed by atoms with Crippen LogP contribution < -0.4 is 5.32 Å². The summed E-state index contributed by atoms with van der Waals surface area (Å²) in [4.78, 5) is 25.6. The first-order chi connectivity index (χ1) is 9.20. The van der Waals surface area contributed by atoms with Crippen LogP contribution in [0.3, 0.4) is 0 Å². The van der Waals surface area contributed by atoms with Crippen LogP contribution in [0.5, 0.6) is 0 Å². The maximum Gasteiger partial charge on any atom is 0.416 e. The molecule has 0 aromatic carbocycles. The van der Waals surface area contributed by atoms with E-state index in [1.54, 1.807) is 0 Å².